The van der Waals surface area contributed by atoms with E-state index in [1.165, 1.54) is 25.0 Å². The normalized spacial score (nSPS) is 11.0. The lowest BCUT2D eigenvalue weighted by Crippen LogP contribution is -2.37. The standard InChI is InChI=1S/C18H19ClN4O5/c1-11-8-12(4-5-13(11)19)28-9-14(24)27-7-6-23-10-20-16-15(23)17(25)22(3)18(26)21(16)2/h4-5,8,10H,6-7,9H2,1-3H3. The van der Waals surface area contributed by atoms with Crippen molar-refractivity contribution >= 4 is 28.7 Å². The Kier molecular flexibility index (Phi) is 5.55. The summed E-state index contributed by atoms with van der Waals surface area (Å²) in [6.07, 6.45) is 1.44. The van der Waals surface area contributed by atoms with Crippen LogP contribution in [0.25, 0.3) is 11.2 Å². The Labute approximate surface area is 164 Å². The van der Waals surface area contributed by atoms with Crippen LogP contribution in [0.1, 0.15) is 5.56 Å². The Morgan fingerprint density at radius 3 is 2.68 bits per heavy atom. The van der Waals surface area contributed by atoms with E-state index in [1.807, 2.05) is 6.92 Å². The van der Waals surface area contributed by atoms with Crippen molar-refractivity contribution in [2.75, 3.05) is 13.2 Å². The van der Waals surface area contributed by atoms with Crippen molar-refractivity contribution < 1.29 is 14.3 Å². The number of hydrogen-bond donors (Lipinski definition) is 0. The second kappa shape index (κ2) is 7.89. The first-order valence-corrected chi connectivity index (χ1v) is 8.83. The van der Waals surface area contributed by atoms with E-state index >= 15 is 0 Å². The van der Waals surface area contributed by atoms with Crippen LogP contribution in [0.4, 0.5) is 0 Å². The van der Waals surface area contributed by atoms with Gasteiger partial charge in [-0.1, -0.05) is 11.6 Å². The summed E-state index contributed by atoms with van der Waals surface area (Å²) in [5.41, 5.74) is 0.483. The van der Waals surface area contributed by atoms with Crippen LogP contribution in [0.2, 0.25) is 5.02 Å². The fraction of sp³-hybridized carbons (Fsp3) is 0.333. The van der Waals surface area contributed by atoms with Crippen molar-refractivity contribution in [2.24, 2.45) is 14.1 Å². The molecule has 148 valence electrons. The number of hydrogen-bond acceptors (Lipinski definition) is 6. The molecule has 28 heavy (non-hydrogen) atoms. The smallest absolute Gasteiger partial charge is 0.344 e. The Morgan fingerprint density at radius 2 is 1.96 bits per heavy atom. The van der Waals surface area contributed by atoms with E-state index in [0.29, 0.717) is 10.8 Å². The van der Waals surface area contributed by atoms with Crippen LogP contribution in [0, 0.1) is 6.92 Å². The van der Waals surface area contributed by atoms with Gasteiger partial charge in [-0.15, -0.1) is 0 Å². The third-order valence-corrected chi connectivity index (χ3v) is 4.72. The molecule has 0 amide bonds. The van der Waals surface area contributed by atoms with Crippen molar-refractivity contribution in [3.8, 4) is 5.75 Å². The van der Waals surface area contributed by atoms with E-state index < -0.39 is 17.2 Å². The zero-order valence-electron chi connectivity index (χ0n) is 15.6. The van der Waals surface area contributed by atoms with E-state index in [4.69, 9.17) is 21.1 Å². The van der Waals surface area contributed by atoms with Gasteiger partial charge in [0.2, 0.25) is 0 Å². The minimum atomic E-state index is -0.544. The third kappa shape index (κ3) is 3.79. The van der Waals surface area contributed by atoms with Gasteiger partial charge in [-0.25, -0.2) is 14.6 Å². The van der Waals surface area contributed by atoms with Gasteiger partial charge < -0.3 is 14.0 Å². The second-order valence-corrected chi connectivity index (χ2v) is 6.64. The lowest BCUT2D eigenvalue weighted by Gasteiger charge is -2.09. The fourth-order valence-electron chi connectivity index (χ4n) is 2.72. The number of aromatic nitrogens is 4. The van der Waals surface area contributed by atoms with Crippen LogP contribution in [0.15, 0.2) is 34.1 Å². The second-order valence-electron chi connectivity index (χ2n) is 6.24. The highest BCUT2D eigenvalue weighted by Gasteiger charge is 2.14. The zero-order valence-corrected chi connectivity index (χ0v) is 16.4. The lowest BCUT2D eigenvalue weighted by molar-refractivity contribution is -0.146. The molecule has 0 unspecified atom stereocenters. The van der Waals surface area contributed by atoms with Crippen molar-refractivity contribution in [3.63, 3.8) is 0 Å². The number of carbonyl (C=O) groups excluding carboxylic acids is 1. The molecule has 10 heteroatoms. The van der Waals surface area contributed by atoms with Crippen molar-refractivity contribution in [3.05, 3.63) is 56.0 Å². The number of benzene rings is 1. The molecule has 0 saturated heterocycles. The van der Waals surface area contributed by atoms with Crippen molar-refractivity contribution in [1.82, 2.24) is 18.7 Å². The first kappa shape index (κ1) is 19.7. The van der Waals surface area contributed by atoms with Gasteiger partial charge >= 0.3 is 11.7 Å². The molecule has 3 aromatic rings. The molecule has 3 rings (SSSR count). The third-order valence-electron chi connectivity index (χ3n) is 4.30. The molecule has 0 radical (unpaired) electrons. The number of ether oxygens (including phenoxy) is 2. The summed E-state index contributed by atoms with van der Waals surface area (Å²) in [6.45, 7) is 1.83. The van der Waals surface area contributed by atoms with E-state index in [-0.39, 0.29) is 30.9 Å². The topological polar surface area (TPSA) is 97.3 Å². The maximum absolute atomic E-state index is 12.3. The fourth-order valence-corrected chi connectivity index (χ4v) is 2.83. The van der Waals surface area contributed by atoms with Gasteiger partial charge in [0, 0.05) is 19.1 Å². The summed E-state index contributed by atoms with van der Waals surface area (Å²) in [7, 11) is 2.94. The average Bonchev–Trinajstić information content (AvgIpc) is 3.09. The molecule has 0 atom stereocenters. The number of rotatable bonds is 6. The van der Waals surface area contributed by atoms with Crippen molar-refractivity contribution in [1.29, 1.82) is 0 Å². The predicted octanol–water partition coefficient (Wildman–Crippen LogP) is 1.02. The predicted molar refractivity (Wildman–Crippen MR) is 103 cm³/mol. The van der Waals surface area contributed by atoms with Crippen molar-refractivity contribution in [2.45, 2.75) is 13.5 Å². The quantitative estimate of drug-likeness (QED) is 0.567. The van der Waals surface area contributed by atoms with E-state index in [1.54, 1.807) is 22.8 Å². The molecule has 1 aromatic carbocycles. The zero-order chi connectivity index (χ0) is 20.4. The molecule has 9 nitrogen and oxygen atoms in total. The van der Waals surface area contributed by atoms with Crippen LogP contribution in [-0.4, -0.2) is 37.9 Å². The summed E-state index contributed by atoms with van der Waals surface area (Å²) in [4.78, 5) is 40.3. The van der Waals surface area contributed by atoms with Gasteiger partial charge in [0.1, 0.15) is 12.4 Å². The Hall–Kier alpha value is -3.07. The summed E-state index contributed by atoms with van der Waals surface area (Å²) in [5.74, 6) is -0.0267. The number of halogens is 1. The molecule has 0 aliphatic carbocycles. The number of aryl methyl sites for hydroxylation is 2. The molecule has 0 bridgehead atoms. The molecular formula is C18H19ClN4O5. The van der Waals surface area contributed by atoms with Crippen LogP contribution >= 0.6 is 11.6 Å². The van der Waals surface area contributed by atoms with Crippen LogP contribution in [0.5, 0.6) is 5.75 Å². The van der Waals surface area contributed by atoms with Gasteiger partial charge in [-0.05, 0) is 30.7 Å². The van der Waals surface area contributed by atoms with Gasteiger partial charge in [-0.2, -0.15) is 0 Å². The molecular weight excluding hydrogens is 388 g/mol. The largest absolute Gasteiger partial charge is 0.482 e. The molecule has 0 aliphatic heterocycles. The molecule has 2 aromatic heterocycles. The summed E-state index contributed by atoms with van der Waals surface area (Å²) < 4.78 is 14.4. The molecule has 0 fully saturated rings. The summed E-state index contributed by atoms with van der Waals surface area (Å²) in [6, 6.07) is 5.09. The van der Waals surface area contributed by atoms with E-state index in [0.717, 1.165) is 10.1 Å². The SMILES string of the molecule is Cc1cc(OCC(=O)OCCn2cnc3c2c(=O)n(C)c(=O)n3C)ccc1Cl. The highest BCUT2D eigenvalue weighted by atomic mass is 35.5. The van der Waals surface area contributed by atoms with Crippen LogP contribution in [0.3, 0.4) is 0 Å². The summed E-state index contributed by atoms with van der Waals surface area (Å²) >= 11 is 5.94. The molecule has 0 aliphatic rings. The highest BCUT2D eigenvalue weighted by Crippen LogP contribution is 2.20. The number of nitrogens with zero attached hydrogens (tertiary/aromatic N) is 4. The number of imidazole rings is 1. The number of esters is 1. The number of carbonyl (C=O) groups is 1. The minimum absolute atomic E-state index is 0.0271. The Morgan fingerprint density at radius 1 is 1.21 bits per heavy atom. The minimum Gasteiger partial charge on any atom is -0.482 e. The Bertz CT molecular complexity index is 1160. The molecule has 2 heterocycles. The maximum atomic E-state index is 12.3. The summed E-state index contributed by atoms with van der Waals surface area (Å²) in [5, 5.41) is 0.617. The first-order chi connectivity index (χ1) is 13.3. The Balaban J connectivity index is 1.60. The maximum Gasteiger partial charge on any atom is 0.344 e. The highest BCUT2D eigenvalue weighted by molar-refractivity contribution is 6.31. The first-order valence-electron chi connectivity index (χ1n) is 8.45. The lowest BCUT2D eigenvalue weighted by atomic mass is 10.2. The van der Waals surface area contributed by atoms with E-state index in [2.05, 4.69) is 4.98 Å². The van der Waals surface area contributed by atoms with Crippen LogP contribution in [-0.2, 0) is 30.2 Å². The average molecular weight is 407 g/mol. The molecule has 0 spiro atoms. The van der Waals surface area contributed by atoms with Gasteiger partial charge in [0.25, 0.3) is 5.56 Å². The van der Waals surface area contributed by atoms with Gasteiger partial charge in [0.05, 0.1) is 12.9 Å². The van der Waals surface area contributed by atoms with Crippen LogP contribution < -0.4 is 16.0 Å². The number of fused-ring (bicyclic) bond motifs is 1. The monoisotopic (exact) mass is 406 g/mol. The van der Waals surface area contributed by atoms with E-state index in [9.17, 15) is 14.4 Å². The van der Waals surface area contributed by atoms with Gasteiger partial charge in [-0.3, -0.25) is 13.9 Å². The van der Waals surface area contributed by atoms with Gasteiger partial charge in [0.15, 0.2) is 17.8 Å². The molecule has 0 N–H and O–H groups in total. The molecule has 0 saturated carbocycles.